The van der Waals surface area contributed by atoms with E-state index in [2.05, 4.69) is 4.74 Å². The number of hydrogen-bond acceptors (Lipinski definition) is 3. The first kappa shape index (κ1) is 12.7. The zero-order valence-corrected chi connectivity index (χ0v) is 9.88. The number of esters is 1. The summed E-state index contributed by atoms with van der Waals surface area (Å²) < 4.78 is 4.55. The van der Waals surface area contributed by atoms with Crippen LogP contribution in [0.25, 0.3) is 5.57 Å². The second-order valence-corrected chi connectivity index (χ2v) is 3.65. The molecule has 0 spiro atoms. The number of benzene rings is 1. The summed E-state index contributed by atoms with van der Waals surface area (Å²) in [5.74, 6) is -0.606. The molecule has 0 atom stereocenters. The maximum atomic E-state index is 11.4. The number of rotatable bonds is 3. The zero-order valence-electron chi connectivity index (χ0n) is 8.37. The van der Waals surface area contributed by atoms with E-state index in [0.29, 0.717) is 21.9 Å². The van der Waals surface area contributed by atoms with Gasteiger partial charge in [-0.3, -0.25) is 4.79 Å². The van der Waals surface area contributed by atoms with Gasteiger partial charge < -0.3 is 4.74 Å². The zero-order chi connectivity index (χ0) is 12.1. The molecule has 0 radical (unpaired) electrons. The highest BCUT2D eigenvalue weighted by Crippen LogP contribution is 2.26. The predicted octanol–water partition coefficient (Wildman–Crippen LogP) is 2.75. The van der Waals surface area contributed by atoms with Crippen molar-refractivity contribution in [3.63, 3.8) is 0 Å². The van der Waals surface area contributed by atoms with E-state index >= 15 is 0 Å². The number of halogens is 2. The van der Waals surface area contributed by atoms with Gasteiger partial charge in [0.2, 0.25) is 0 Å². The minimum atomic E-state index is -0.606. The van der Waals surface area contributed by atoms with Gasteiger partial charge in [0.15, 0.2) is 0 Å². The minimum Gasteiger partial charge on any atom is -0.465 e. The fourth-order valence-electron chi connectivity index (χ4n) is 1.12. The van der Waals surface area contributed by atoms with E-state index in [1.165, 1.54) is 13.2 Å². The summed E-state index contributed by atoms with van der Waals surface area (Å²) in [5, 5.41) is 0.681. The predicted molar refractivity (Wildman–Crippen MR) is 62.5 cm³/mol. The van der Waals surface area contributed by atoms with E-state index in [1.54, 1.807) is 12.1 Å². The second kappa shape index (κ2) is 5.68. The largest absolute Gasteiger partial charge is 0.465 e. The quantitative estimate of drug-likeness (QED) is 0.476. The average Bonchev–Trinajstić information content (AvgIpc) is 2.29. The molecule has 3 nitrogen and oxygen atoms in total. The summed E-state index contributed by atoms with van der Waals surface area (Å²) in [6.45, 7) is 0. The van der Waals surface area contributed by atoms with Gasteiger partial charge in [0.1, 0.15) is 6.29 Å². The molecule has 0 aromatic heterocycles. The minimum absolute atomic E-state index is 0.135. The molecule has 16 heavy (non-hydrogen) atoms. The number of hydrogen-bond donors (Lipinski definition) is 0. The molecule has 0 unspecified atom stereocenters. The van der Waals surface area contributed by atoms with Crippen molar-refractivity contribution in [2.45, 2.75) is 0 Å². The Balaban J connectivity index is 3.22. The van der Waals surface area contributed by atoms with E-state index in [1.807, 2.05) is 0 Å². The van der Waals surface area contributed by atoms with Gasteiger partial charge in [-0.25, -0.2) is 4.79 Å². The molecule has 0 saturated carbocycles. The lowest BCUT2D eigenvalue weighted by Crippen LogP contribution is -2.04. The molecule has 1 rings (SSSR count). The van der Waals surface area contributed by atoms with E-state index in [-0.39, 0.29) is 5.57 Å². The average molecular weight is 259 g/mol. The van der Waals surface area contributed by atoms with E-state index in [0.717, 1.165) is 6.08 Å². The third kappa shape index (κ3) is 2.84. The number of carbonyl (C=O) groups excluding carboxylic acids is 2. The van der Waals surface area contributed by atoms with Gasteiger partial charge in [0.25, 0.3) is 0 Å². The van der Waals surface area contributed by atoms with E-state index in [4.69, 9.17) is 23.2 Å². The normalized spacial score (nSPS) is 11.1. The van der Waals surface area contributed by atoms with Crippen molar-refractivity contribution < 1.29 is 14.3 Å². The summed E-state index contributed by atoms with van der Waals surface area (Å²) in [6.07, 6.45) is 1.63. The Morgan fingerprint density at radius 1 is 1.31 bits per heavy atom. The number of methoxy groups -OCH3 is 1. The Hall–Kier alpha value is -1.32. The van der Waals surface area contributed by atoms with Gasteiger partial charge in [-0.15, -0.1) is 0 Å². The molecule has 1 aromatic carbocycles. The standard InChI is InChI=1S/C11H8Cl2O3/c1-16-11(15)8(4-5-14)7-2-3-9(12)10(13)6-7/h2-6H,1H3/b8-4-. The van der Waals surface area contributed by atoms with Crippen molar-refractivity contribution in [1.29, 1.82) is 0 Å². The smallest absolute Gasteiger partial charge is 0.338 e. The maximum Gasteiger partial charge on any atom is 0.338 e. The molecule has 0 aliphatic rings. The van der Waals surface area contributed by atoms with Gasteiger partial charge in [-0.2, -0.15) is 0 Å². The lowest BCUT2D eigenvalue weighted by molar-refractivity contribution is -0.133. The Morgan fingerprint density at radius 2 is 2.00 bits per heavy atom. The fraction of sp³-hybridized carbons (Fsp3) is 0.0909. The van der Waals surface area contributed by atoms with Gasteiger partial charge in [0, 0.05) is 0 Å². The monoisotopic (exact) mass is 258 g/mol. The Bertz CT molecular complexity index is 453. The number of allylic oxidation sites excluding steroid dienone is 1. The highest BCUT2D eigenvalue weighted by molar-refractivity contribution is 6.42. The lowest BCUT2D eigenvalue weighted by Gasteiger charge is -2.05. The van der Waals surface area contributed by atoms with Crippen LogP contribution in [0.5, 0.6) is 0 Å². The third-order valence-corrected chi connectivity index (χ3v) is 2.61. The Kier molecular flexibility index (Phi) is 4.52. The highest BCUT2D eigenvalue weighted by Gasteiger charge is 2.13. The molecular weight excluding hydrogens is 251 g/mol. The molecule has 1 aromatic rings. The molecule has 0 bridgehead atoms. The maximum absolute atomic E-state index is 11.4. The summed E-state index contributed by atoms with van der Waals surface area (Å²) in [7, 11) is 1.23. The number of carbonyl (C=O) groups is 2. The van der Waals surface area contributed by atoms with Gasteiger partial charge >= 0.3 is 5.97 Å². The Labute approximate surface area is 103 Å². The van der Waals surface area contributed by atoms with E-state index in [9.17, 15) is 9.59 Å². The van der Waals surface area contributed by atoms with Crippen LogP contribution in [0.4, 0.5) is 0 Å². The van der Waals surface area contributed by atoms with Crippen LogP contribution in [-0.4, -0.2) is 19.4 Å². The molecule has 0 N–H and O–H groups in total. The van der Waals surface area contributed by atoms with Crippen molar-refractivity contribution in [3.05, 3.63) is 39.9 Å². The third-order valence-electron chi connectivity index (χ3n) is 1.87. The van der Waals surface area contributed by atoms with Crippen LogP contribution >= 0.6 is 23.2 Å². The summed E-state index contributed by atoms with van der Waals surface area (Å²) in [6, 6.07) is 4.62. The van der Waals surface area contributed by atoms with Crippen molar-refractivity contribution in [3.8, 4) is 0 Å². The molecule has 0 fully saturated rings. The van der Waals surface area contributed by atoms with Gasteiger partial charge in [-0.1, -0.05) is 29.3 Å². The SMILES string of the molecule is COC(=O)/C(=C\C=O)c1ccc(Cl)c(Cl)c1. The number of aldehydes is 1. The summed E-state index contributed by atoms with van der Waals surface area (Å²) in [5.41, 5.74) is 0.615. The summed E-state index contributed by atoms with van der Waals surface area (Å²) >= 11 is 11.5. The molecule has 0 aliphatic heterocycles. The van der Waals surface area contributed by atoms with Gasteiger partial charge in [-0.05, 0) is 23.8 Å². The fourth-order valence-corrected chi connectivity index (χ4v) is 1.42. The molecule has 0 heterocycles. The van der Waals surface area contributed by atoms with Gasteiger partial charge in [0.05, 0.1) is 22.7 Å². The summed E-state index contributed by atoms with van der Waals surface area (Å²) in [4.78, 5) is 21.8. The topological polar surface area (TPSA) is 43.4 Å². The van der Waals surface area contributed by atoms with Crippen molar-refractivity contribution >= 4 is 41.0 Å². The lowest BCUT2D eigenvalue weighted by atomic mass is 10.1. The highest BCUT2D eigenvalue weighted by atomic mass is 35.5. The Morgan fingerprint density at radius 3 is 2.50 bits per heavy atom. The van der Waals surface area contributed by atoms with Crippen LogP contribution < -0.4 is 0 Å². The van der Waals surface area contributed by atoms with Crippen LogP contribution in [0.3, 0.4) is 0 Å². The molecule has 0 saturated heterocycles. The van der Waals surface area contributed by atoms with Crippen LogP contribution in [0.15, 0.2) is 24.3 Å². The second-order valence-electron chi connectivity index (χ2n) is 2.84. The molecule has 5 heteroatoms. The van der Waals surface area contributed by atoms with Crippen LogP contribution in [-0.2, 0) is 14.3 Å². The molecule has 0 aliphatic carbocycles. The molecule has 84 valence electrons. The van der Waals surface area contributed by atoms with Crippen LogP contribution in [0, 0.1) is 0 Å². The van der Waals surface area contributed by atoms with Crippen molar-refractivity contribution in [2.24, 2.45) is 0 Å². The molecular formula is C11H8Cl2O3. The van der Waals surface area contributed by atoms with E-state index < -0.39 is 5.97 Å². The van der Waals surface area contributed by atoms with Crippen molar-refractivity contribution in [1.82, 2.24) is 0 Å². The van der Waals surface area contributed by atoms with Crippen LogP contribution in [0.1, 0.15) is 5.56 Å². The van der Waals surface area contributed by atoms with Crippen LogP contribution in [0.2, 0.25) is 10.0 Å². The van der Waals surface area contributed by atoms with Crippen molar-refractivity contribution in [2.75, 3.05) is 7.11 Å². The molecule has 0 amide bonds. The first-order chi connectivity index (χ1) is 7.60. The number of ether oxygens (including phenoxy) is 1. The first-order valence-corrected chi connectivity index (χ1v) is 5.05. The first-order valence-electron chi connectivity index (χ1n) is 4.29.